The lowest BCUT2D eigenvalue weighted by atomic mass is 10.1. The minimum Gasteiger partial charge on any atom is -0.478 e. The van der Waals surface area contributed by atoms with E-state index < -0.39 is 5.97 Å². The summed E-state index contributed by atoms with van der Waals surface area (Å²) in [6.07, 6.45) is 5.27. The number of benzene rings is 1. The Kier molecular flexibility index (Phi) is 3.10. The quantitative estimate of drug-likeness (QED) is 0.799. The second-order valence-corrected chi connectivity index (χ2v) is 4.88. The molecule has 1 aromatic carbocycles. The van der Waals surface area contributed by atoms with Crippen LogP contribution in [0.5, 0.6) is 0 Å². The van der Waals surface area contributed by atoms with Crippen LogP contribution >= 0.6 is 0 Å². The van der Waals surface area contributed by atoms with E-state index in [4.69, 9.17) is 9.52 Å². The second-order valence-electron chi connectivity index (χ2n) is 4.88. The van der Waals surface area contributed by atoms with Crippen molar-refractivity contribution in [3.63, 3.8) is 0 Å². The van der Waals surface area contributed by atoms with E-state index in [-0.39, 0.29) is 5.56 Å². The second kappa shape index (κ2) is 4.94. The Labute approximate surface area is 121 Å². The standard InChI is InChI=1S/C16H14N2O3/c1-10-9-21-11(2)15(10)18-8-14(7-17-18)12-4-3-5-13(6-12)16(19)20/h3-9H,1-2H3,(H,19,20). The average Bonchev–Trinajstić information content (AvgIpc) is 3.06. The molecule has 0 radical (unpaired) electrons. The van der Waals surface area contributed by atoms with Gasteiger partial charge in [0, 0.05) is 17.3 Å². The molecule has 3 rings (SSSR count). The molecule has 0 fully saturated rings. The Hall–Kier alpha value is -2.82. The number of aromatic nitrogens is 2. The van der Waals surface area contributed by atoms with Crippen LogP contribution in [0, 0.1) is 13.8 Å². The summed E-state index contributed by atoms with van der Waals surface area (Å²) in [5.74, 6) is -0.146. The van der Waals surface area contributed by atoms with Crippen molar-refractivity contribution in [1.82, 2.24) is 9.78 Å². The number of aromatic carboxylic acids is 1. The highest BCUT2D eigenvalue weighted by atomic mass is 16.4. The van der Waals surface area contributed by atoms with Crippen LogP contribution in [0.4, 0.5) is 0 Å². The maximum absolute atomic E-state index is 11.0. The largest absolute Gasteiger partial charge is 0.478 e. The zero-order valence-corrected chi connectivity index (χ0v) is 11.7. The SMILES string of the molecule is Cc1coc(C)c1-n1cc(-c2cccc(C(=O)O)c2)cn1. The van der Waals surface area contributed by atoms with E-state index in [0.29, 0.717) is 0 Å². The van der Waals surface area contributed by atoms with Gasteiger partial charge in [-0.3, -0.25) is 0 Å². The van der Waals surface area contributed by atoms with Gasteiger partial charge >= 0.3 is 5.97 Å². The summed E-state index contributed by atoms with van der Waals surface area (Å²) in [4.78, 5) is 11.0. The summed E-state index contributed by atoms with van der Waals surface area (Å²) < 4.78 is 7.12. The van der Waals surface area contributed by atoms with Crippen molar-refractivity contribution >= 4 is 5.97 Å². The van der Waals surface area contributed by atoms with Gasteiger partial charge in [-0.25, -0.2) is 9.48 Å². The molecule has 5 nitrogen and oxygen atoms in total. The highest BCUT2D eigenvalue weighted by Crippen LogP contribution is 2.24. The van der Waals surface area contributed by atoms with Crippen molar-refractivity contribution in [2.45, 2.75) is 13.8 Å². The van der Waals surface area contributed by atoms with Gasteiger partial charge in [-0.15, -0.1) is 0 Å². The summed E-state index contributed by atoms with van der Waals surface area (Å²) in [7, 11) is 0. The van der Waals surface area contributed by atoms with E-state index in [9.17, 15) is 4.79 Å². The molecule has 0 saturated heterocycles. The van der Waals surface area contributed by atoms with Crippen LogP contribution < -0.4 is 0 Å². The molecule has 0 aliphatic rings. The lowest BCUT2D eigenvalue weighted by Crippen LogP contribution is -1.96. The lowest BCUT2D eigenvalue weighted by molar-refractivity contribution is 0.0697. The first kappa shape index (κ1) is 13.2. The van der Waals surface area contributed by atoms with Gasteiger partial charge in [-0.2, -0.15) is 5.10 Å². The highest BCUT2D eigenvalue weighted by Gasteiger charge is 2.12. The molecule has 2 heterocycles. The number of nitrogens with zero attached hydrogens (tertiary/aromatic N) is 2. The van der Waals surface area contributed by atoms with Crippen molar-refractivity contribution in [2.75, 3.05) is 0 Å². The Morgan fingerprint density at radius 2 is 2.10 bits per heavy atom. The van der Waals surface area contributed by atoms with E-state index in [2.05, 4.69) is 5.10 Å². The molecule has 106 valence electrons. The highest BCUT2D eigenvalue weighted by molar-refractivity contribution is 5.89. The van der Waals surface area contributed by atoms with Crippen molar-refractivity contribution in [2.24, 2.45) is 0 Å². The van der Waals surface area contributed by atoms with Gasteiger partial charge in [0.25, 0.3) is 0 Å². The number of rotatable bonds is 3. The van der Waals surface area contributed by atoms with Crippen molar-refractivity contribution in [3.05, 3.63) is 59.8 Å². The first-order valence-corrected chi connectivity index (χ1v) is 6.49. The molecule has 21 heavy (non-hydrogen) atoms. The Bertz CT molecular complexity index is 795. The number of carboxylic acid groups (broad SMARTS) is 1. The summed E-state index contributed by atoms with van der Waals surface area (Å²) in [6, 6.07) is 6.80. The van der Waals surface area contributed by atoms with Gasteiger partial charge in [0.1, 0.15) is 11.4 Å². The first-order valence-electron chi connectivity index (χ1n) is 6.49. The van der Waals surface area contributed by atoms with Gasteiger partial charge in [-0.05, 0) is 31.5 Å². The van der Waals surface area contributed by atoms with Crippen LogP contribution in [0.15, 0.2) is 47.3 Å². The minimum atomic E-state index is -0.939. The zero-order chi connectivity index (χ0) is 15.0. The fourth-order valence-corrected chi connectivity index (χ4v) is 2.33. The van der Waals surface area contributed by atoms with E-state index in [1.165, 1.54) is 0 Å². The zero-order valence-electron chi connectivity index (χ0n) is 11.7. The predicted octanol–water partition coefficient (Wildman–Crippen LogP) is 3.45. The van der Waals surface area contributed by atoms with Gasteiger partial charge in [0.2, 0.25) is 0 Å². The summed E-state index contributed by atoms with van der Waals surface area (Å²) in [5.41, 5.74) is 3.85. The fourth-order valence-electron chi connectivity index (χ4n) is 2.33. The third-order valence-corrected chi connectivity index (χ3v) is 3.37. The summed E-state index contributed by atoms with van der Waals surface area (Å²) in [5, 5.41) is 13.4. The predicted molar refractivity (Wildman–Crippen MR) is 77.7 cm³/mol. The van der Waals surface area contributed by atoms with Gasteiger partial charge in [0.15, 0.2) is 0 Å². The molecule has 2 aromatic heterocycles. The monoisotopic (exact) mass is 282 g/mol. The molecule has 0 amide bonds. The van der Waals surface area contributed by atoms with Crippen LogP contribution in [0.2, 0.25) is 0 Å². The van der Waals surface area contributed by atoms with E-state index in [1.807, 2.05) is 26.1 Å². The number of furan rings is 1. The van der Waals surface area contributed by atoms with Crippen molar-refractivity contribution in [3.8, 4) is 16.8 Å². The van der Waals surface area contributed by atoms with Gasteiger partial charge in [-0.1, -0.05) is 12.1 Å². The molecule has 1 N–H and O–H groups in total. The molecule has 0 aliphatic heterocycles. The number of hydrogen-bond donors (Lipinski definition) is 1. The van der Waals surface area contributed by atoms with Crippen LogP contribution in [0.25, 0.3) is 16.8 Å². The minimum absolute atomic E-state index is 0.260. The van der Waals surface area contributed by atoms with Crippen molar-refractivity contribution in [1.29, 1.82) is 0 Å². The Morgan fingerprint density at radius 3 is 2.76 bits per heavy atom. The van der Waals surface area contributed by atoms with E-state index >= 15 is 0 Å². The summed E-state index contributed by atoms with van der Waals surface area (Å²) in [6.45, 7) is 3.84. The Balaban J connectivity index is 2.03. The van der Waals surface area contributed by atoms with Crippen LogP contribution in [-0.4, -0.2) is 20.9 Å². The molecular formula is C16H14N2O3. The maximum Gasteiger partial charge on any atom is 0.335 e. The maximum atomic E-state index is 11.0. The molecule has 3 aromatic rings. The first-order chi connectivity index (χ1) is 10.1. The van der Waals surface area contributed by atoms with E-state index in [0.717, 1.165) is 28.1 Å². The van der Waals surface area contributed by atoms with Crippen LogP contribution in [0.3, 0.4) is 0 Å². The Morgan fingerprint density at radius 1 is 1.29 bits per heavy atom. The smallest absolute Gasteiger partial charge is 0.335 e. The topological polar surface area (TPSA) is 68.3 Å². The third kappa shape index (κ3) is 2.33. The number of carboxylic acids is 1. The lowest BCUT2D eigenvalue weighted by Gasteiger charge is -2.01. The van der Waals surface area contributed by atoms with Crippen LogP contribution in [0.1, 0.15) is 21.7 Å². The number of hydrogen-bond acceptors (Lipinski definition) is 3. The molecule has 5 heteroatoms. The van der Waals surface area contributed by atoms with E-state index in [1.54, 1.807) is 35.3 Å². The van der Waals surface area contributed by atoms with Gasteiger partial charge in [0.05, 0.1) is 18.0 Å². The average molecular weight is 282 g/mol. The van der Waals surface area contributed by atoms with Gasteiger partial charge < -0.3 is 9.52 Å². The number of aryl methyl sites for hydroxylation is 2. The number of carbonyl (C=O) groups is 1. The molecular weight excluding hydrogens is 268 g/mol. The fraction of sp³-hybridized carbons (Fsp3) is 0.125. The third-order valence-electron chi connectivity index (χ3n) is 3.37. The molecule has 0 bridgehead atoms. The molecule has 0 atom stereocenters. The normalized spacial score (nSPS) is 10.8. The molecule has 0 aliphatic carbocycles. The van der Waals surface area contributed by atoms with Crippen LogP contribution in [-0.2, 0) is 0 Å². The molecule has 0 saturated carbocycles. The molecule has 0 spiro atoms. The summed E-state index contributed by atoms with van der Waals surface area (Å²) >= 11 is 0. The molecule has 0 unspecified atom stereocenters. The van der Waals surface area contributed by atoms with Crippen molar-refractivity contribution < 1.29 is 14.3 Å².